The average molecular weight is 1560 g/mol. The van der Waals surface area contributed by atoms with Crippen molar-refractivity contribution in [3.8, 4) is 23.3 Å². The Morgan fingerprint density at radius 2 is 0.983 bits per heavy atom. The molecule has 0 fully saturated rings. The van der Waals surface area contributed by atoms with E-state index in [1.807, 2.05) is 60.5 Å². The van der Waals surface area contributed by atoms with Gasteiger partial charge in [-0.05, 0) is 265 Å². The van der Waals surface area contributed by atoms with Gasteiger partial charge in [-0.15, -0.1) is 11.8 Å². The summed E-state index contributed by atoms with van der Waals surface area (Å²) < 4.78 is 11.6. The number of hydrogen-bond donors (Lipinski definition) is 5. The van der Waals surface area contributed by atoms with Crippen LogP contribution >= 0.6 is 11.8 Å². The van der Waals surface area contributed by atoms with E-state index in [1.54, 1.807) is 54.3 Å². The third-order valence-electron chi connectivity index (χ3n) is 23.9. The summed E-state index contributed by atoms with van der Waals surface area (Å²) in [7, 11) is 12.1. The number of thioether (sulfide) groups is 1. The number of rotatable bonds is 24. The number of aliphatic hydroxyl groups is 2. The first-order chi connectivity index (χ1) is 54.3. The zero-order valence-corrected chi connectivity index (χ0v) is 71.1. The number of carbonyl (C=O) groups excluding carboxylic acids is 4. The van der Waals surface area contributed by atoms with Crippen LogP contribution < -0.4 is 30.1 Å². The van der Waals surface area contributed by atoms with Gasteiger partial charge in [-0.2, -0.15) is 0 Å². The number of nitrogens with one attached hydrogen (secondary N) is 2. The molecule has 9 aromatic rings. The number of benzene rings is 9. The van der Waals surface area contributed by atoms with E-state index in [-0.39, 0.29) is 60.7 Å². The van der Waals surface area contributed by atoms with Crippen LogP contribution in [0.1, 0.15) is 253 Å². The van der Waals surface area contributed by atoms with E-state index < -0.39 is 35.9 Å². The number of nitrogens with zero attached hydrogens (tertiary/aromatic N) is 3. The molecule has 0 heterocycles. The lowest BCUT2D eigenvalue weighted by atomic mass is 9.62. The summed E-state index contributed by atoms with van der Waals surface area (Å²) in [6, 6.07) is 52.8. The number of ether oxygens (including phenoxy) is 2. The molecule has 115 heavy (non-hydrogen) atoms. The normalized spacial score (nSPS) is 16.3. The highest BCUT2D eigenvalue weighted by molar-refractivity contribution is 7.98. The molecule has 0 aromatic heterocycles. The van der Waals surface area contributed by atoms with E-state index in [0.717, 1.165) is 101 Å². The van der Waals surface area contributed by atoms with Gasteiger partial charge in [0.25, 0.3) is 0 Å². The van der Waals surface area contributed by atoms with Crippen molar-refractivity contribution in [1.82, 2.24) is 0 Å². The van der Waals surface area contributed by atoms with Crippen LogP contribution in [0, 0.1) is 11.8 Å². The third kappa shape index (κ3) is 19.2. The molecular formula is C100H113N5O9S. The van der Waals surface area contributed by atoms with Gasteiger partial charge in [0.2, 0.25) is 0 Å². The molecule has 3 aliphatic carbocycles. The summed E-state index contributed by atoms with van der Waals surface area (Å²) in [6.45, 7) is 28.4. The molecule has 0 saturated carbocycles. The SMILES string of the molecule is CN(C)c1ccc(CCNc2cc(C(=O)C=Cc3ccc(C(=O)Oc4cc(C=CC(O)c5cc(NCc6ccc(N(C)C)cc6)c6c(c5)C(C)(C)CCC6(C)C)ccc4C(=O)OC(=O)c4ccc(C#CC(O)c5cc(SCc6ccc(N(C)C)cc6)c6c(c5)C(C)(C)CCC6(C)C)cc4)c(O)c3)cc3c2C(C)(C)CCC3(C)C)cc1. The number of ketones is 1. The Morgan fingerprint density at radius 3 is 1.55 bits per heavy atom. The van der Waals surface area contributed by atoms with Gasteiger partial charge in [0.15, 0.2) is 5.78 Å². The second-order valence-corrected chi connectivity index (χ2v) is 37.1. The number of aromatic hydroxyl groups is 1. The smallest absolute Gasteiger partial charge is 0.349 e. The van der Waals surface area contributed by atoms with E-state index in [0.29, 0.717) is 46.5 Å². The van der Waals surface area contributed by atoms with E-state index in [9.17, 15) is 34.5 Å². The van der Waals surface area contributed by atoms with Crippen LogP contribution in [0.5, 0.6) is 11.5 Å². The van der Waals surface area contributed by atoms with Crippen molar-refractivity contribution in [2.45, 2.75) is 190 Å². The van der Waals surface area contributed by atoms with Crippen LogP contribution in [0.15, 0.2) is 187 Å². The fraction of sp³-hybridized carbons (Fsp3) is 0.360. The predicted octanol–water partition coefficient (Wildman–Crippen LogP) is 21.1. The zero-order chi connectivity index (χ0) is 82.9. The van der Waals surface area contributed by atoms with Gasteiger partial charge in [-0.25, -0.2) is 14.4 Å². The van der Waals surface area contributed by atoms with Gasteiger partial charge in [0, 0.05) is 106 Å². The fourth-order valence-corrected chi connectivity index (χ4v) is 17.5. The van der Waals surface area contributed by atoms with Crippen molar-refractivity contribution in [3.05, 3.63) is 282 Å². The minimum Gasteiger partial charge on any atom is -0.507 e. The Balaban J connectivity index is 0.799. The maximum absolute atomic E-state index is 14.5. The van der Waals surface area contributed by atoms with Crippen LogP contribution in [0.3, 0.4) is 0 Å². The van der Waals surface area contributed by atoms with Crippen LogP contribution in [0.4, 0.5) is 28.4 Å². The minimum absolute atomic E-state index is 0.0296. The zero-order valence-electron chi connectivity index (χ0n) is 70.2. The van der Waals surface area contributed by atoms with Crippen molar-refractivity contribution in [2.24, 2.45) is 0 Å². The number of phenolic OH excluding ortho intramolecular Hbond substituents is 1. The summed E-state index contributed by atoms with van der Waals surface area (Å²) in [6.07, 6.45) is 10.8. The largest absolute Gasteiger partial charge is 0.507 e. The van der Waals surface area contributed by atoms with E-state index in [2.05, 4.69) is 211 Å². The Morgan fingerprint density at radius 1 is 0.487 bits per heavy atom. The van der Waals surface area contributed by atoms with Crippen LogP contribution in [0.25, 0.3) is 12.2 Å². The van der Waals surface area contributed by atoms with Gasteiger partial charge in [0.05, 0.1) is 11.7 Å². The molecule has 0 spiro atoms. The highest BCUT2D eigenvalue weighted by atomic mass is 32.2. The summed E-state index contributed by atoms with van der Waals surface area (Å²) in [4.78, 5) is 64.7. The molecule has 5 N–H and O–H groups in total. The Hall–Kier alpha value is -10.6. The lowest BCUT2D eigenvalue weighted by molar-refractivity contribution is 0.0395. The van der Waals surface area contributed by atoms with Gasteiger partial charge in [0.1, 0.15) is 28.7 Å². The molecule has 0 radical (unpaired) electrons. The second kappa shape index (κ2) is 33.7. The Bertz CT molecular complexity index is 5280. The molecular weight excluding hydrogens is 1450 g/mol. The number of phenols is 1. The molecule has 0 aliphatic heterocycles. The number of anilines is 5. The summed E-state index contributed by atoms with van der Waals surface area (Å²) in [5.41, 5.74) is 17.8. The molecule has 0 saturated heterocycles. The Kier molecular flexibility index (Phi) is 24.5. The van der Waals surface area contributed by atoms with Crippen molar-refractivity contribution in [2.75, 3.05) is 74.2 Å². The van der Waals surface area contributed by atoms with Gasteiger partial charge in [-0.3, -0.25) is 4.79 Å². The number of allylic oxidation sites excluding steroid dienone is 1. The summed E-state index contributed by atoms with van der Waals surface area (Å²) in [5, 5.41) is 43.2. The van der Waals surface area contributed by atoms with E-state index >= 15 is 0 Å². The molecule has 0 bridgehead atoms. The van der Waals surface area contributed by atoms with Gasteiger partial charge < -0.3 is 50.1 Å². The number of carbonyl (C=O) groups is 4. The molecule has 0 amide bonds. The van der Waals surface area contributed by atoms with E-state index in [4.69, 9.17) is 9.47 Å². The van der Waals surface area contributed by atoms with Crippen molar-refractivity contribution in [3.63, 3.8) is 0 Å². The van der Waals surface area contributed by atoms with Gasteiger partial charge >= 0.3 is 17.9 Å². The first-order valence-electron chi connectivity index (χ1n) is 40.1. The second-order valence-electron chi connectivity index (χ2n) is 36.0. The number of fused-ring (bicyclic) bond motifs is 3. The molecule has 15 heteroatoms. The fourth-order valence-electron chi connectivity index (χ4n) is 16.3. The standard InChI is InChI=1S/C100H113N5O9S/c1-95(2)46-49-98(7,8)89-78(95)55-70(58-81(89)101-52-45-64-21-34-73(35-22-64)103(13)14)83(106)43-30-65-27-40-76(86(109)53-65)93(111)113-87-54-66(31-44-84(107)71-56-79-90(99(9,10)50-47-96(79,3)4)82(59-71)102-61-67-23-36-74(37-24-67)104(15)16)28-41-77(87)94(112)114-92(110)69-32-19-63(20-33-69)29-42-85(108)72-57-80-91(100(11,12)51-48-97(80,5)6)88(60-72)115-62-68-25-38-75(39-26-68)105(17)18/h19-28,30-41,43-44,53-60,84-85,101-102,107-109H,45-52,61-62H2,1-18H3. The van der Waals surface area contributed by atoms with Crippen molar-refractivity contribution in [1.29, 1.82) is 0 Å². The predicted molar refractivity (Wildman–Crippen MR) is 471 cm³/mol. The molecule has 598 valence electrons. The topological polar surface area (TPSA) is 181 Å². The van der Waals surface area contributed by atoms with Crippen molar-refractivity contribution < 1.29 is 44.0 Å². The molecule has 3 aliphatic rings. The van der Waals surface area contributed by atoms with Crippen LogP contribution in [-0.2, 0) is 55.9 Å². The van der Waals surface area contributed by atoms with Crippen LogP contribution in [-0.4, -0.2) is 87.8 Å². The highest BCUT2D eigenvalue weighted by Gasteiger charge is 2.43. The van der Waals surface area contributed by atoms with E-state index in [1.165, 1.54) is 75.9 Å². The molecule has 9 aromatic carbocycles. The molecule has 12 rings (SSSR count). The number of aliphatic hydroxyl groups excluding tert-OH is 2. The number of hydrogen-bond acceptors (Lipinski definition) is 15. The molecule has 2 unspecified atom stereocenters. The first kappa shape index (κ1) is 83.8. The van der Waals surface area contributed by atoms with Crippen LogP contribution in [0.2, 0.25) is 0 Å². The van der Waals surface area contributed by atoms with Crippen molar-refractivity contribution >= 4 is 76.0 Å². The summed E-state index contributed by atoms with van der Waals surface area (Å²) >= 11 is 1.78. The number of esters is 3. The monoisotopic (exact) mass is 1560 g/mol. The highest BCUT2D eigenvalue weighted by Crippen LogP contribution is 2.53. The minimum atomic E-state index is -1.13. The molecule has 2 atom stereocenters. The maximum atomic E-state index is 14.5. The maximum Gasteiger partial charge on any atom is 0.349 e. The lowest BCUT2D eigenvalue weighted by Crippen LogP contribution is -2.35. The van der Waals surface area contributed by atoms with Gasteiger partial charge in [-0.1, -0.05) is 174 Å². The lowest BCUT2D eigenvalue weighted by Gasteiger charge is -2.43. The Labute approximate surface area is 685 Å². The average Bonchev–Trinajstić information content (AvgIpc) is 0.749. The quantitative estimate of drug-likeness (QED) is 0.00733. The summed E-state index contributed by atoms with van der Waals surface area (Å²) in [5.74, 6) is 2.76. The third-order valence-corrected chi connectivity index (χ3v) is 25.0. The molecule has 14 nitrogen and oxygen atoms in total. The first-order valence-corrected chi connectivity index (χ1v) is 41.1.